The highest BCUT2D eigenvalue weighted by molar-refractivity contribution is 6.10. The summed E-state index contributed by atoms with van der Waals surface area (Å²) in [5, 5.41) is 5.15. The maximum absolute atomic E-state index is 2.37. The Bertz CT molecular complexity index is 1800. The number of hydrogen-bond donors (Lipinski definition) is 0. The molecular weight excluding hydrogens is 438 g/mol. The molecule has 36 heavy (non-hydrogen) atoms. The molecule has 2 heterocycles. The summed E-state index contributed by atoms with van der Waals surface area (Å²) >= 11 is 0. The van der Waals surface area contributed by atoms with E-state index < -0.39 is 0 Å². The molecule has 7 aromatic rings. The number of benzene rings is 5. The lowest BCUT2D eigenvalue weighted by Gasteiger charge is -2.26. The molecular formula is C33H27N3. The van der Waals surface area contributed by atoms with Gasteiger partial charge in [0.1, 0.15) is 0 Å². The van der Waals surface area contributed by atoms with E-state index in [1.165, 1.54) is 49.2 Å². The predicted octanol–water partition coefficient (Wildman–Crippen LogP) is 8.75. The minimum absolute atomic E-state index is 1.15. The zero-order valence-electron chi connectivity index (χ0n) is 20.7. The molecule has 0 atom stereocenters. The molecule has 7 rings (SSSR count). The fourth-order valence-electron chi connectivity index (χ4n) is 5.72. The van der Waals surface area contributed by atoms with Crippen molar-refractivity contribution in [1.29, 1.82) is 0 Å². The molecule has 0 fully saturated rings. The second kappa shape index (κ2) is 7.76. The maximum atomic E-state index is 2.37. The summed E-state index contributed by atoms with van der Waals surface area (Å²) in [6, 6.07) is 39.8. The predicted molar refractivity (Wildman–Crippen MR) is 154 cm³/mol. The minimum Gasteiger partial charge on any atom is -0.344 e. The van der Waals surface area contributed by atoms with Gasteiger partial charge in [0.15, 0.2) is 0 Å². The van der Waals surface area contributed by atoms with Crippen LogP contribution in [0.15, 0.2) is 109 Å². The van der Waals surface area contributed by atoms with Crippen LogP contribution in [0.2, 0.25) is 0 Å². The monoisotopic (exact) mass is 465 g/mol. The van der Waals surface area contributed by atoms with E-state index in [4.69, 9.17) is 0 Å². The Morgan fingerprint density at radius 1 is 0.444 bits per heavy atom. The van der Waals surface area contributed by atoms with Crippen LogP contribution in [-0.4, -0.2) is 9.13 Å². The molecule has 0 N–H and O–H groups in total. The Labute approximate surface area is 210 Å². The third-order valence-electron chi connectivity index (χ3n) is 7.61. The van der Waals surface area contributed by atoms with Gasteiger partial charge >= 0.3 is 0 Å². The number of rotatable bonds is 3. The fourth-order valence-corrected chi connectivity index (χ4v) is 5.72. The average Bonchev–Trinajstić information content (AvgIpc) is 3.37. The molecule has 0 aliphatic heterocycles. The zero-order valence-corrected chi connectivity index (χ0v) is 20.7. The van der Waals surface area contributed by atoms with Crippen molar-refractivity contribution in [2.24, 2.45) is 14.1 Å². The fraction of sp³-hybridized carbons (Fsp3) is 0.0909. The van der Waals surface area contributed by atoms with Crippen molar-refractivity contribution < 1.29 is 0 Å². The van der Waals surface area contributed by atoms with Crippen LogP contribution in [0.4, 0.5) is 17.1 Å². The van der Waals surface area contributed by atoms with Gasteiger partial charge in [-0.15, -0.1) is 0 Å². The van der Waals surface area contributed by atoms with Crippen LogP contribution in [0.1, 0.15) is 5.56 Å². The smallest absolute Gasteiger partial charge is 0.0509 e. The Hall–Kier alpha value is -4.50. The summed E-state index contributed by atoms with van der Waals surface area (Å²) in [5.41, 5.74) is 9.68. The van der Waals surface area contributed by atoms with E-state index in [0.717, 1.165) is 17.1 Å². The van der Waals surface area contributed by atoms with Crippen LogP contribution in [-0.2, 0) is 14.1 Å². The third-order valence-corrected chi connectivity index (χ3v) is 7.61. The van der Waals surface area contributed by atoms with Gasteiger partial charge in [0.25, 0.3) is 0 Å². The van der Waals surface area contributed by atoms with Crippen LogP contribution >= 0.6 is 0 Å². The number of anilines is 3. The zero-order chi connectivity index (χ0) is 24.4. The van der Waals surface area contributed by atoms with Gasteiger partial charge in [-0.25, -0.2) is 0 Å². The molecule has 3 nitrogen and oxygen atoms in total. The second-order valence-electron chi connectivity index (χ2n) is 9.73. The highest BCUT2D eigenvalue weighted by Gasteiger charge is 2.17. The van der Waals surface area contributed by atoms with E-state index in [-0.39, 0.29) is 0 Å². The summed E-state index contributed by atoms with van der Waals surface area (Å²) < 4.78 is 4.60. The first kappa shape index (κ1) is 20.8. The Kier molecular flexibility index (Phi) is 4.49. The molecule has 0 saturated heterocycles. The van der Waals surface area contributed by atoms with Crippen LogP contribution in [0, 0.1) is 6.92 Å². The van der Waals surface area contributed by atoms with Gasteiger partial charge in [0.05, 0.1) is 11.0 Å². The number of aryl methyl sites for hydroxylation is 3. The van der Waals surface area contributed by atoms with Crippen LogP contribution in [0.3, 0.4) is 0 Å². The highest BCUT2D eigenvalue weighted by Crippen LogP contribution is 2.40. The van der Waals surface area contributed by atoms with E-state index in [2.05, 4.69) is 144 Å². The normalized spacial score (nSPS) is 11.8. The Morgan fingerprint density at radius 2 is 0.861 bits per heavy atom. The standard InChI is InChI=1S/C33H27N3/c1-22-12-14-23(15-13-22)36(24-16-18-28-26-8-4-6-10-30(26)34(2)32(28)20-24)25-17-19-29-27-9-5-7-11-31(27)35(3)33(29)21-25/h4-21H,1-3H3. The first-order valence-electron chi connectivity index (χ1n) is 12.4. The average molecular weight is 466 g/mol. The third kappa shape index (κ3) is 2.99. The van der Waals surface area contributed by atoms with Gasteiger partial charge in [-0.1, -0.05) is 66.2 Å². The SMILES string of the molecule is Cc1ccc(N(c2ccc3c4ccccc4n(C)c3c2)c2ccc3c4ccccc4n(C)c3c2)cc1. The topological polar surface area (TPSA) is 13.1 Å². The van der Waals surface area contributed by atoms with Crippen LogP contribution in [0.25, 0.3) is 43.6 Å². The number of fused-ring (bicyclic) bond motifs is 6. The summed E-state index contributed by atoms with van der Waals surface area (Å²) in [4.78, 5) is 2.37. The molecule has 0 saturated carbocycles. The molecule has 3 heteroatoms. The van der Waals surface area contributed by atoms with E-state index in [1.54, 1.807) is 0 Å². The summed E-state index contributed by atoms with van der Waals surface area (Å²) in [7, 11) is 4.32. The molecule has 5 aromatic carbocycles. The van der Waals surface area contributed by atoms with E-state index in [1.807, 2.05) is 0 Å². The summed E-state index contributed by atoms with van der Waals surface area (Å²) in [6.45, 7) is 2.14. The quantitative estimate of drug-likeness (QED) is 0.254. The second-order valence-corrected chi connectivity index (χ2v) is 9.73. The van der Waals surface area contributed by atoms with Crippen molar-refractivity contribution in [2.45, 2.75) is 6.92 Å². The largest absolute Gasteiger partial charge is 0.344 e. The molecule has 0 aliphatic carbocycles. The lowest BCUT2D eigenvalue weighted by molar-refractivity contribution is 1.01. The van der Waals surface area contributed by atoms with Gasteiger partial charge < -0.3 is 14.0 Å². The molecule has 174 valence electrons. The molecule has 0 unspecified atom stereocenters. The Balaban J connectivity index is 1.48. The number of aromatic nitrogens is 2. The summed E-state index contributed by atoms with van der Waals surface area (Å²) in [5.74, 6) is 0. The van der Waals surface area contributed by atoms with E-state index in [0.29, 0.717) is 0 Å². The van der Waals surface area contributed by atoms with Gasteiger partial charge in [-0.2, -0.15) is 0 Å². The van der Waals surface area contributed by atoms with Gasteiger partial charge in [-0.3, -0.25) is 0 Å². The lowest BCUT2D eigenvalue weighted by Crippen LogP contribution is -2.10. The minimum atomic E-state index is 1.15. The first-order chi connectivity index (χ1) is 17.6. The molecule has 0 aliphatic rings. The van der Waals surface area contributed by atoms with Gasteiger partial charge in [0.2, 0.25) is 0 Å². The van der Waals surface area contributed by atoms with E-state index in [9.17, 15) is 0 Å². The highest BCUT2D eigenvalue weighted by atomic mass is 15.1. The molecule has 0 amide bonds. The van der Waals surface area contributed by atoms with Crippen molar-refractivity contribution in [3.8, 4) is 0 Å². The van der Waals surface area contributed by atoms with Crippen LogP contribution in [0.5, 0.6) is 0 Å². The van der Waals surface area contributed by atoms with Crippen molar-refractivity contribution in [3.05, 3.63) is 115 Å². The van der Waals surface area contributed by atoms with Crippen molar-refractivity contribution >= 4 is 60.7 Å². The maximum Gasteiger partial charge on any atom is 0.0509 e. The van der Waals surface area contributed by atoms with Crippen LogP contribution < -0.4 is 4.90 Å². The van der Waals surface area contributed by atoms with Crippen molar-refractivity contribution in [3.63, 3.8) is 0 Å². The molecule has 0 radical (unpaired) electrons. The Morgan fingerprint density at radius 3 is 1.36 bits per heavy atom. The van der Waals surface area contributed by atoms with E-state index >= 15 is 0 Å². The lowest BCUT2D eigenvalue weighted by atomic mass is 10.1. The van der Waals surface area contributed by atoms with Crippen molar-refractivity contribution in [2.75, 3.05) is 4.90 Å². The number of nitrogens with zero attached hydrogens (tertiary/aromatic N) is 3. The molecule has 0 spiro atoms. The van der Waals surface area contributed by atoms with Gasteiger partial charge in [0, 0.05) is 63.7 Å². The molecule has 0 bridgehead atoms. The van der Waals surface area contributed by atoms with Crippen molar-refractivity contribution in [1.82, 2.24) is 9.13 Å². The number of para-hydroxylation sites is 2. The number of hydrogen-bond acceptors (Lipinski definition) is 1. The molecule has 2 aromatic heterocycles. The summed E-state index contributed by atoms with van der Waals surface area (Å²) in [6.07, 6.45) is 0. The first-order valence-corrected chi connectivity index (χ1v) is 12.4. The van der Waals surface area contributed by atoms with Gasteiger partial charge in [-0.05, 0) is 55.5 Å².